The summed E-state index contributed by atoms with van der Waals surface area (Å²) in [5.41, 5.74) is 0.622. The maximum Gasteiger partial charge on any atom is 0.240 e. The Kier molecular flexibility index (Phi) is 7.33. The minimum absolute atomic E-state index is 0.0361. The fourth-order valence-electron chi connectivity index (χ4n) is 4.84. The smallest absolute Gasteiger partial charge is 0.240 e. The molecule has 3 heterocycles. The van der Waals surface area contributed by atoms with Crippen molar-refractivity contribution in [3.8, 4) is 11.5 Å². The molecule has 6 rings (SSSR count). The number of anilines is 2. The highest BCUT2D eigenvalue weighted by Crippen LogP contribution is 2.47. The summed E-state index contributed by atoms with van der Waals surface area (Å²) in [6.45, 7) is 3.92. The summed E-state index contributed by atoms with van der Waals surface area (Å²) in [6.07, 6.45) is 2.92. The lowest BCUT2D eigenvalue weighted by atomic mass is 10.0. The van der Waals surface area contributed by atoms with E-state index >= 15 is 4.39 Å². The summed E-state index contributed by atoms with van der Waals surface area (Å²) in [7, 11) is 0. The van der Waals surface area contributed by atoms with E-state index in [2.05, 4.69) is 30.7 Å². The van der Waals surface area contributed by atoms with E-state index in [0.29, 0.717) is 54.9 Å². The molecule has 0 spiro atoms. The minimum atomic E-state index is -1.26. The molecule has 212 valence electrons. The summed E-state index contributed by atoms with van der Waals surface area (Å²) in [5.74, 6) is -1.78. The van der Waals surface area contributed by atoms with Gasteiger partial charge in [-0.15, -0.1) is 0 Å². The number of carbonyl (C=O) groups is 2. The second kappa shape index (κ2) is 11.2. The molecule has 3 N–H and O–H groups in total. The first-order valence-corrected chi connectivity index (χ1v) is 13.4. The highest BCUT2D eigenvalue weighted by molar-refractivity contribution is 6.16. The Bertz CT molecular complexity index is 1580. The van der Waals surface area contributed by atoms with Gasteiger partial charge in [0.15, 0.2) is 17.2 Å². The fourth-order valence-corrected chi connectivity index (χ4v) is 4.84. The van der Waals surface area contributed by atoms with Crippen LogP contribution in [0.3, 0.4) is 0 Å². The summed E-state index contributed by atoms with van der Waals surface area (Å²) in [4.78, 5) is 32.4. The summed E-state index contributed by atoms with van der Waals surface area (Å²) >= 11 is 0. The highest BCUT2D eigenvalue weighted by Gasteiger charge is 2.56. The van der Waals surface area contributed by atoms with Gasteiger partial charge in [0.1, 0.15) is 17.0 Å². The number of carbonyl (C=O) groups excluding carboxylic acids is 2. The molecule has 2 aromatic heterocycles. The van der Waals surface area contributed by atoms with Gasteiger partial charge in [-0.25, -0.2) is 13.8 Å². The molecular weight excluding hydrogens is 534 g/mol. The molecule has 1 saturated heterocycles. The number of hydrogen-bond donors (Lipinski definition) is 3. The normalized spacial score (nSPS) is 16.3. The maximum absolute atomic E-state index is 15.2. The zero-order valence-corrected chi connectivity index (χ0v) is 22.1. The number of H-pyrrole nitrogens is 1. The van der Waals surface area contributed by atoms with Crippen molar-refractivity contribution in [2.75, 3.05) is 43.5 Å². The molecule has 1 saturated carbocycles. The zero-order chi connectivity index (χ0) is 28.4. The lowest BCUT2D eigenvalue weighted by Gasteiger charge is -2.26. The van der Waals surface area contributed by atoms with Crippen LogP contribution >= 0.6 is 0 Å². The number of aromatic nitrogens is 3. The van der Waals surface area contributed by atoms with Crippen LogP contribution in [-0.4, -0.2) is 64.7 Å². The van der Waals surface area contributed by atoms with Gasteiger partial charge in [-0.3, -0.25) is 19.6 Å². The summed E-state index contributed by atoms with van der Waals surface area (Å²) in [5, 5.41) is 13.3. The number of nitrogens with zero attached hydrogens (tertiary/aromatic N) is 3. The number of pyridine rings is 1. The quantitative estimate of drug-likeness (QED) is 0.261. The molecule has 1 aliphatic carbocycles. The number of nitrogens with one attached hydrogen (secondary N) is 3. The third-order valence-electron chi connectivity index (χ3n) is 7.40. The molecule has 12 heteroatoms. The SMILES string of the molecule is O=C(Nc1ccc(F)cc1)C1(C(=O)Nc2ccc(Oc3ccnc4[nH]nc(CCN5CCOCC5)c34)c(F)c2)CC1. The molecule has 41 heavy (non-hydrogen) atoms. The Morgan fingerprint density at radius 3 is 2.39 bits per heavy atom. The second-order valence-electron chi connectivity index (χ2n) is 10.2. The van der Waals surface area contributed by atoms with Crippen LogP contribution in [0, 0.1) is 17.0 Å². The molecule has 2 amide bonds. The summed E-state index contributed by atoms with van der Waals surface area (Å²) in [6, 6.07) is 11.0. The van der Waals surface area contributed by atoms with Crippen molar-refractivity contribution in [1.29, 1.82) is 0 Å². The fraction of sp³-hybridized carbons (Fsp3) is 0.310. The van der Waals surface area contributed by atoms with Gasteiger partial charge in [0.2, 0.25) is 11.8 Å². The van der Waals surface area contributed by atoms with Crippen LogP contribution in [0.25, 0.3) is 11.0 Å². The molecule has 0 bridgehead atoms. The Hall–Kier alpha value is -4.42. The van der Waals surface area contributed by atoms with Gasteiger partial charge in [0.25, 0.3) is 0 Å². The van der Waals surface area contributed by atoms with Gasteiger partial charge < -0.3 is 20.1 Å². The van der Waals surface area contributed by atoms with Gasteiger partial charge in [0.05, 0.1) is 24.3 Å². The van der Waals surface area contributed by atoms with Crippen LogP contribution in [-0.2, 0) is 20.7 Å². The Balaban J connectivity index is 1.13. The third kappa shape index (κ3) is 5.74. The Morgan fingerprint density at radius 1 is 0.976 bits per heavy atom. The van der Waals surface area contributed by atoms with Gasteiger partial charge in [-0.2, -0.15) is 5.10 Å². The molecule has 2 fully saturated rings. The van der Waals surface area contributed by atoms with Crippen molar-refractivity contribution in [1.82, 2.24) is 20.1 Å². The van der Waals surface area contributed by atoms with Crippen molar-refractivity contribution in [3.63, 3.8) is 0 Å². The molecule has 1 aliphatic heterocycles. The zero-order valence-electron chi connectivity index (χ0n) is 22.1. The monoisotopic (exact) mass is 562 g/mol. The lowest BCUT2D eigenvalue weighted by molar-refractivity contribution is -0.131. The molecular formula is C29H28F2N6O4. The van der Waals surface area contributed by atoms with Gasteiger partial charge in [-0.1, -0.05) is 0 Å². The standard InChI is InChI=1S/C29H28F2N6O4/c30-18-1-3-19(4-2-18)33-27(38)29(9-10-29)28(39)34-20-5-6-23(21(31)17-20)41-24-7-11-32-26-25(24)22(35-36-26)8-12-37-13-15-40-16-14-37/h1-7,11,17H,8-10,12-16H2,(H,33,38)(H,34,39)(H,32,35,36). The number of hydrogen-bond acceptors (Lipinski definition) is 7. The average molecular weight is 563 g/mol. The number of fused-ring (bicyclic) bond motifs is 1. The Labute approximate surface area is 234 Å². The van der Waals surface area contributed by atoms with Crippen molar-refractivity contribution in [2.24, 2.45) is 5.41 Å². The van der Waals surface area contributed by atoms with Crippen molar-refractivity contribution < 1.29 is 27.8 Å². The molecule has 4 aromatic rings. The number of aromatic amines is 1. The van der Waals surface area contributed by atoms with E-state index in [0.717, 1.165) is 31.4 Å². The number of benzene rings is 2. The minimum Gasteiger partial charge on any atom is -0.453 e. The number of rotatable bonds is 9. The van der Waals surface area contributed by atoms with Crippen LogP contribution in [0.1, 0.15) is 18.5 Å². The maximum atomic E-state index is 15.2. The molecule has 10 nitrogen and oxygen atoms in total. The predicted octanol–water partition coefficient (Wildman–Crippen LogP) is 4.26. The van der Waals surface area contributed by atoms with Crippen LogP contribution < -0.4 is 15.4 Å². The van der Waals surface area contributed by atoms with Gasteiger partial charge in [0, 0.05) is 49.7 Å². The third-order valence-corrected chi connectivity index (χ3v) is 7.40. The van der Waals surface area contributed by atoms with E-state index in [4.69, 9.17) is 9.47 Å². The molecule has 0 atom stereocenters. The molecule has 0 unspecified atom stereocenters. The van der Waals surface area contributed by atoms with E-state index in [1.807, 2.05) is 0 Å². The Morgan fingerprint density at radius 2 is 1.68 bits per heavy atom. The highest BCUT2D eigenvalue weighted by atomic mass is 19.1. The van der Waals surface area contributed by atoms with Crippen molar-refractivity contribution in [2.45, 2.75) is 19.3 Å². The predicted molar refractivity (Wildman–Crippen MR) is 147 cm³/mol. The summed E-state index contributed by atoms with van der Waals surface area (Å²) < 4.78 is 39.7. The number of halogens is 2. The number of morpholine rings is 1. The first-order chi connectivity index (χ1) is 19.9. The number of amides is 2. The number of ether oxygens (including phenoxy) is 2. The average Bonchev–Trinajstić information content (AvgIpc) is 3.70. The topological polar surface area (TPSA) is 121 Å². The van der Waals surface area contributed by atoms with Crippen LogP contribution in [0.4, 0.5) is 20.2 Å². The lowest BCUT2D eigenvalue weighted by Crippen LogP contribution is -2.37. The van der Waals surface area contributed by atoms with Gasteiger partial charge >= 0.3 is 0 Å². The van der Waals surface area contributed by atoms with E-state index in [-0.39, 0.29) is 11.4 Å². The van der Waals surface area contributed by atoms with Crippen LogP contribution in [0.15, 0.2) is 54.7 Å². The van der Waals surface area contributed by atoms with Gasteiger partial charge in [-0.05, 0) is 55.3 Å². The van der Waals surface area contributed by atoms with Crippen LogP contribution in [0.5, 0.6) is 11.5 Å². The molecule has 2 aliphatic rings. The van der Waals surface area contributed by atoms with Crippen molar-refractivity contribution in [3.05, 3.63) is 72.1 Å². The first kappa shape index (κ1) is 26.8. The first-order valence-electron chi connectivity index (χ1n) is 13.4. The van der Waals surface area contributed by atoms with E-state index in [1.54, 1.807) is 12.3 Å². The van der Waals surface area contributed by atoms with E-state index in [9.17, 15) is 14.0 Å². The molecule has 0 radical (unpaired) electrons. The second-order valence-corrected chi connectivity index (χ2v) is 10.2. The van der Waals surface area contributed by atoms with E-state index in [1.165, 1.54) is 36.4 Å². The van der Waals surface area contributed by atoms with Crippen molar-refractivity contribution >= 4 is 34.2 Å². The van der Waals surface area contributed by atoms with E-state index < -0.39 is 28.9 Å². The largest absolute Gasteiger partial charge is 0.453 e. The molecule has 2 aromatic carbocycles. The van der Waals surface area contributed by atoms with Crippen LogP contribution in [0.2, 0.25) is 0 Å².